The molecule has 0 saturated heterocycles. The van der Waals surface area contributed by atoms with Crippen molar-refractivity contribution in [2.45, 2.75) is 30.5 Å². The molecule has 1 aliphatic carbocycles. The number of halogens is 1. The molecule has 4 rings (SSSR count). The van der Waals surface area contributed by atoms with Gasteiger partial charge in [-0.25, -0.2) is 0 Å². The van der Waals surface area contributed by atoms with Crippen LogP contribution >= 0.6 is 46.0 Å². The maximum absolute atomic E-state index is 12.3. The number of amides is 1. The molecule has 0 fully saturated rings. The Balaban J connectivity index is 1.33. The summed E-state index contributed by atoms with van der Waals surface area (Å²) in [4.78, 5) is 13.6. The van der Waals surface area contributed by atoms with Gasteiger partial charge in [0, 0.05) is 15.6 Å². The Morgan fingerprint density at radius 3 is 3.00 bits per heavy atom. The summed E-state index contributed by atoms with van der Waals surface area (Å²) in [6.45, 7) is 1.94. The largest absolute Gasteiger partial charge is 0.330 e. The molecule has 2 heterocycles. The van der Waals surface area contributed by atoms with Crippen LogP contribution in [-0.2, 0) is 17.6 Å². The minimum Gasteiger partial charge on any atom is -0.330 e. The number of hydrogen-bond donors (Lipinski definition) is 2. The first-order valence-electron chi connectivity index (χ1n) is 8.87. The fourth-order valence-electron chi connectivity index (χ4n) is 3.01. The number of rotatable bonds is 6. The minimum atomic E-state index is -0.151. The monoisotopic (exact) mass is 461 g/mol. The van der Waals surface area contributed by atoms with E-state index in [-0.39, 0.29) is 11.7 Å². The number of anilines is 3. The lowest BCUT2D eigenvalue weighted by Gasteiger charge is -2.04. The molecule has 3 aromatic rings. The molecular formula is C19H16ClN5OS3. The molecule has 0 spiro atoms. The molecule has 0 unspecified atom stereocenters. The van der Waals surface area contributed by atoms with E-state index in [9.17, 15) is 10.1 Å². The highest BCUT2D eigenvalue weighted by Crippen LogP contribution is 2.38. The summed E-state index contributed by atoms with van der Waals surface area (Å²) < 4.78 is 0.690. The molecule has 10 heteroatoms. The molecule has 2 aromatic heterocycles. The van der Waals surface area contributed by atoms with Crippen LogP contribution in [-0.4, -0.2) is 21.9 Å². The van der Waals surface area contributed by atoms with Gasteiger partial charge in [0.2, 0.25) is 11.0 Å². The Bertz CT molecular complexity index is 1120. The van der Waals surface area contributed by atoms with E-state index in [0.717, 1.165) is 36.1 Å². The highest BCUT2D eigenvalue weighted by atomic mass is 35.5. The van der Waals surface area contributed by atoms with Crippen molar-refractivity contribution in [3.05, 3.63) is 44.8 Å². The zero-order valence-corrected chi connectivity index (χ0v) is 18.6. The summed E-state index contributed by atoms with van der Waals surface area (Å²) in [5.41, 5.74) is 3.57. The van der Waals surface area contributed by atoms with Gasteiger partial charge < -0.3 is 10.6 Å². The molecule has 148 valence electrons. The standard InChI is InChI=1S/C19H16ClN5OS3/c1-10-5-6-11(7-14(10)20)22-18-24-25-19(29-18)27-9-16(26)23-17-13(8-21)12-3-2-4-15(12)28-17/h5-7H,2-4,9H2,1H3,(H,22,24)(H,23,26). The van der Waals surface area contributed by atoms with Crippen LogP contribution in [0.2, 0.25) is 5.02 Å². The second kappa shape index (κ2) is 8.71. The Morgan fingerprint density at radius 1 is 1.34 bits per heavy atom. The zero-order chi connectivity index (χ0) is 20.4. The Kier molecular flexibility index (Phi) is 6.06. The number of thiophene rings is 1. The fraction of sp³-hybridized carbons (Fsp3) is 0.263. The fourth-order valence-corrected chi connectivity index (χ4v) is 6.02. The van der Waals surface area contributed by atoms with Crippen molar-refractivity contribution in [1.82, 2.24) is 10.2 Å². The third-order valence-corrected chi connectivity index (χ3v) is 8.03. The first-order valence-corrected chi connectivity index (χ1v) is 11.9. The Labute approximate surface area is 185 Å². The van der Waals surface area contributed by atoms with Crippen LogP contribution < -0.4 is 10.6 Å². The highest BCUT2D eigenvalue weighted by molar-refractivity contribution is 8.01. The topological polar surface area (TPSA) is 90.7 Å². The lowest BCUT2D eigenvalue weighted by atomic mass is 10.1. The van der Waals surface area contributed by atoms with Gasteiger partial charge in [-0.15, -0.1) is 21.5 Å². The average Bonchev–Trinajstić information content (AvgIpc) is 3.39. The number of aromatic nitrogens is 2. The molecule has 0 saturated carbocycles. The Morgan fingerprint density at radius 2 is 2.21 bits per heavy atom. The van der Waals surface area contributed by atoms with Gasteiger partial charge in [0.05, 0.1) is 11.3 Å². The van der Waals surface area contributed by atoms with Crippen LogP contribution in [0, 0.1) is 18.3 Å². The summed E-state index contributed by atoms with van der Waals surface area (Å²) in [5, 5.41) is 25.7. The van der Waals surface area contributed by atoms with Crippen LogP contribution in [0.1, 0.15) is 28.0 Å². The molecule has 0 aliphatic heterocycles. The number of nitriles is 1. The van der Waals surface area contributed by atoms with Crippen LogP contribution in [0.25, 0.3) is 0 Å². The molecular weight excluding hydrogens is 446 g/mol. The van der Waals surface area contributed by atoms with E-state index in [1.165, 1.54) is 39.3 Å². The van der Waals surface area contributed by atoms with Gasteiger partial charge in [0.25, 0.3) is 0 Å². The second-order valence-electron chi connectivity index (χ2n) is 6.47. The van der Waals surface area contributed by atoms with E-state index >= 15 is 0 Å². The third-order valence-electron chi connectivity index (χ3n) is 4.44. The van der Waals surface area contributed by atoms with Crippen LogP contribution in [0.15, 0.2) is 22.5 Å². The van der Waals surface area contributed by atoms with Crippen molar-refractivity contribution in [3.8, 4) is 6.07 Å². The molecule has 29 heavy (non-hydrogen) atoms. The number of thioether (sulfide) groups is 1. The van der Waals surface area contributed by atoms with Crippen molar-refractivity contribution in [2.24, 2.45) is 0 Å². The SMILES string of the molecule is Cc1ccc(Nc2nnc(SCC(=O)Nc3sc4c(c3C#N)CCC4)s2)cc1Cl. The van der Waals surface area contributed by atoms with Crippen molar-refractivity contribution in [2.75, 3.05) is 16.4 Å². The molecule has 6 nitrogen and oxygen atoms in total. The number of fused-ring (bicyclic) bond motifs is 1. The molecule has 1 aromatic carbocycles. The number of carbonyl (C=O) groups is 1. The predicted octanol–water partition coefficient (Wildman–Crippen LogP) is 5.40. The molecule has 2 N–H and O–H groups in total. The lowest BCUT2D eigenvalue weighted by Crippen LogP contribution is -2.13. The summed E-state index contributed by atoms with van der Waals surface area (Å²) in [6, 6.07) is 7.93. The van der Waals surface area contributed by atoms with Crippen molar-refractivity contribution in [1.29, 1.82) is 5.26 Å². The van der Waals surface area contributed by atoms with Gasteiger partial charge in [-0.3, -0.25) is 4.79 Å². The summed E-state index contributed by atoms with van der Waals surface area (Å²) >= 11 is 10.3. The summed E-state index contributed by atoms with van der Waals surface area (Å²) in [5.74, 6) is 0.0553. The van der Waals surface area contributed by atoms with Gasteiger partial charge in [-0.05, 0) is 49.4 Å². The van der Waals surface area contributed by atoms with Crippen molar-refractivity contribution in [3.63, 3.8) is 0 Å². The first kappa shape index (κ1) is 20.2. The number of nitrogens with zero attached hydrogens (tertiary/aromatic N) is 3. The number of benzene rings is 1. The van der Waals surface area contributed by atoms with Gasteiger partial charge in [-0.1, -0.05) is 40.8 Å². The van der Waals surface area contributed by atoms with E-state index in [0.29, 0.717) is 25.1 Å². The molecule has 1 aliphatic rings. The van der Waals surface area contributed by atoms with E-state index < -0.39 is 0 Å². The molecule has 0 radical (unpaired) electrons. The first-order chi connectivity index (χ1) is 14.0. The van der Waals surface area contributed by atoms with Crippen LogP contribution in [0.4, 0.5) is 15.8 Å². The number of nitrogens with one attached hydrogen (secondary N) is 2. The maximum atomic E-state index is 12.3. The number of carbonyl (C=O) groups excluding carboxylic acids is 1. The molecule has 1 amide bonds. The van der Waals surface area contributed by atoms with E-state index in [4.69, 9.17) is 11.6 Å². The minimum absolute atomic E-state index is 0.151. The quantitative estimate of drug-likeness (QED) is 0.478. The third kappa shape index (κ3) is 4.56. The smallest absolute Gasteiger partial charge is 0.235 e. The number of aryl methyl sites for hydroxylation is 2. The van der Waals surface area contributed by atoms with Gasteiger partial charge in [0.1, 0.15) is 11.1 Å². The maximum Gasteiger partial charge on any atom is 0.235 e. The lowest BCUT2D eigenvalue weighted by molar-refractivity contribution is -0.113. The summed E-state index contributed by atoms with van der Waals surface area (Å²) in [7, 11) is 0. The van der Waals surface area contributed by atoms with Crippen LogP contribution in [0.5, 0.6) is 0 Å². The highest BCUT2D eigenvalue weighted by Gasteiger charge is 2.23. The predicted molar refractivity (Wildman–Crippen MR) is 120 cm³/mol. The number of hydrogen-bond acceptors (Lipinski definition) is 8. The van der Waals surface area contributed by atoms with Crippen LogP contribution in [0.3, 0.4) is 0 Å². The molecule has 0 bridgehead atoms. The van der Waals surface area contributed by atoms with Gasteiger partial charge in [0.15, 0.2) is 4.34 Å². The average molecular weight is 462 g/mol. The van der Waals surface area contributed by atoms with Gasteiger partial charge >= 0.3 is 0 Å². The van der Waals surface area contributed by atoms with Gasteiger partial charge in [-0.2, -0.15) is 5.26 Å². The zero-order valence-electron chi connectivity index (χ0n) is 15.4. The second-order valence-corrected chi connectivity index (χ2v) is 10.2. The van der Waals surface area contributed by atoms with E-state index in [1.54, 1.807) is 0 Å². The Hall–Kier alpha value is -2.12. The normalized spacial score (nSPS) is 12.4. The van der Waals surface area contributed by atoms with E-state index in [2.05, 4.69) is 26.9 Å². The van der Waals surface area contributed by atoms with E-state index in [1.807, 2.05) is 25.1 Å². The van der Waals surface area contributed by atoms with Crippen molar-refractivity contribution < 1.29 is 4.79 Å². The molecule has 0 atom stereocenters. The summed E-state index contributed by atoms with van der Waals surface area (Å²) in [6.07, 6.45) is 3.00. The van der Waals surface area contributed by atoms with Crippen molar-refractivity contribution >= 4 is 67.8 Å².